The zero-order valence-electron chi connectivity index (χ0n) is 11.1. The van der Waals surface area contributed by atoms with E-state index in [1.165, 1.54) is 0 Å². The molecule has 1 heterocycles. The Kier molecular flexibility index (Phi) is 3.60. The number of nitrogens with zero attached hydrogens (tertiary/aromatic N) is 1. The van der Waals surface area contributed by atoms with Crippen molar-refractivity contribution < 1.29 is 9.90 Å². The Hall–Kier alpha value is -1.51. The monoisotopic (exact) mass is 247 g/mol. The van der Waals surface area contributed by atoms with Gasteiger partial charge in [-0.15, -0.1) is 0 Å². The first-order chi connectivity index (χ1) is 8.57. The summed E-state index contributed by atoms with van der Waals surface area (Å²) in [6.07, 6.45) is 3.13. The van der Waals surface area contributed by atoms with Crippen LogP contribution in [0, 0.1) is 0 Å². The molecule has 1 aliphatic rings. The van der Waals surface area contributed by atoms with Gasteiger partial charge in [0.1, 0.15) is 5.75 Å². The summed E-state index contributed by atoms with van der Waals surface area (Å²) in [6, 6.07) is 7.50. The molecule has 1 amide bonds. The molecule has 0 bridgehead atoms. The molecular formula is C15H21NO2. The second-order valence-electron chi connectivity index (χ2n) is 5.27. The van der Waals surface area contributed by atoms with E-state index in [1.54, 1.807) is 13.0 Å². The van der Waals surface area contributed by atoms with Gasteiger partial charge in [0.2, 0.25) is 5.91 Å². The largest absolute Gasteiger partial charge is 0.508 e. The highest BCUT2D eigenvalue weighted by Gasteiger charge is 2.39. The highest BCUT2D eigenvalue weighted by molar-refractivity contribution is 5.73. The van der Waals surface area contributed by atoms with E-state index in [1.807, 2.05) is 17.0 Å². The maximum Gasteiger partial charge on any atom is 0.219 e. The van der Waals surface area contributed by atoms with Gasteiger partial charge in [-0.3, -0.25) is 4.79 Å². The molecule has 0 unspecified atom stereocenters. The number of carbonyl (C=O) groups excluding carboxylic acids is 1. The first-order valence-electron chi connectivity index (χ1n) is 6.62. The summed E-state index contributed by atoms with van der Waals surface area (Å²) >= 11 is 0. The average molecular weight is 247 g/mol. The van der Waals surface area contributed by atoms with E-state index < -0.39 is 0 Å². The average Bonchev–Trinajstić information content (AvgIpc) is 2.75. The van der Waals surface area contributed by atoms with E-state index in [0.717, 1.165) is 37.9 Å². The molecular weight excluding hydrogens is 226 g/mol. The lowest BCUT2D eigenvalue weighted by molar-refractivity contribution is -0.128. The predicted molar refractivity (Wildman–Crippen MR) is 71.6 cm³/mol. The summed E-state index contributed by atoms with van der Waals surface area (Å²) < 4.78 is 0. The van der Waals surface area contributed by atoms with Crippen LogP contribution in [0.5, 0.6) is 5.75 Å². The maximum atomic E-state index is 11.5. The van der Waals surface area contributed by atoms with E-state index in [9.17, 15) is 9.90 Å². The van der Waals surface area contributed by atoms with Gasteiger partial charge < -0.3 is 10.0 Å². The summed E-state index contributed by atoms with van der Waals surface area (Å²) in [5.74, 6) is 0.456. The molecule has 2 rings (SSSR count). The first-order valence-corrected chi connectivity index (χ1v) is 6.62. The third-order valence-electron chi connectivity index (χ3n) is 3.99. The van der Waals surface area contributed by atoms with Crippen LogP contribution in [0.2, 0.25) is 0 Å². The molecule has 0 aromatic heterocycles. The van der Waals surface area contributed by atoms with Crippen LogP contribution in [-0.4, -0.2) is 29.0 Å². The van der Waals surface area contributed by atoms with Crippen molar-refractivity contribution in [1.29, 1.82) is 0 Å². The van der Waals surface area contributed by atoms with Crippen LogP contribution in [0.25, 0.3) is 0 Å². The Balaban J connectivity index is 2.31. The topological polar surface area (TPSA) is 40.5 Å². The van der Waals surface area contributed by atoms with Crippen molar-refractivity contribution in [2.45, 2.75) is 38.5 Å². The summed E-state index contributed by atoms with van der Waals surface area (Å²) in [6.45, 7) is 5.40. The van der Waals surface area contributed by atoms with Crippen LogP contribution in [0.3, 0.4) is 0 Å². The zero-order valence-corrected chi connectivity index (χ0v) is 11.1. The van der Waals surface area contributed by atoms with Gasteiger partial charge in [-0.1, -0.05) is 25.5 Å². The fourth-order valence-electron chi connectivity index (χ4n) is 3.04. The molecule has 1 fully saturated rings. The number of phenols is 1. The van der Waals surface area contributed by atoms with Gasteiger partial charge in [-0.25, -0.2) is 0 Å². The van der Waals surface area contributed by atoms with Crippen molar-refractivity contribution in [3.8, 4) is 5.75 Å². The molecule has 1 aromatic rings. The first kappa shape index (κ1) is 12.9. The number of likely N-dealkylation sites (tertiary alicyclic amines) is 1. The smallest absolute Gasteiger partial charge is 0.219 e. The highest BCUT2D eigenvalue weighted by atomic mass is 16.3. The van der Waals surface area contributed by atoms with Crippen LogP contribution in [0.1, 0.15) is 38.7 Å². The Labute approximate surface area is 108 Å². The SMILES string of the molecule is CCC[C@@]1(c2cccc(O)c2)CCN(C(C)=O)C1. The van der Waals surface area contributed by atoms with Crippen LogP contribution >= 0.6 is 0 Å². The number of hydrogen-bond donors (Lipinski definition) is 1. The van der Waals surface area contributed by atoms with E-state index in [-0.39, 0.29) is 11.3 Å². The van der Waals surface area contributed by atoms with Gasteiger partial charge in [0, 0.05) is 25.4 Å². The van der Waals surface area contributed by atoms with Crippen LogP contribution in [-0.2, 0) is 10.2 Å². The third-order valence-corrected chi connectivity index (χ3v) is 3.99. The summed E-state index contributed by atoms with van der Waals surface area (Å²) in [5, 5.41) is 9.65. The number of carbonyl (C=O) groups is 1. The van der Waals surface area contributed by atoms with E-state index >= 15 is 0 Å². The molecule has 1 N–H and O–H groups in total. The molecule has 1 aliphatic heterocycles. The molecule has 1 atom stereocenters. The minimum Gasteiger partial charge on any atom is -0.508 e. The van der Waals surface area contributed by atoms with E-state index in [2.05, 4.69) is 13.0 Å². The Morgan fingerprint density at radius 2 is 2.28 bits per heavy atom. The van der Waals surface area contributed by atoms with Crippen molar-refractivity contribution in [3.63, 3.8) is 0 Å². The minimum absolute atomic E-state index is 0.0269. The Morgan fingerprint density at radius 1 is 1.50 bits per heavy atom. The second-order valence-corrected chi connectivity index (χ2v) is 5.27. The molecule has 1 aromatic carbocycles. The Morgan fingerprint density at radius 3 is 2.83 bits per heavy atom. The standard InChI is InChI=1S/C15H21NO2/c1-3-7-15(8-9-16(11-15)12(2)17)13-5-4-6-14(18)10-13/h4-6,10,18H,3,7-9,11H2,1-2H3/t15-/m1/s1. The molecule has 98 valence electrons. The van der Waals surface area contributed by atoms with Gasteiger partial charge >= 0.3 is 0 Å². The minimum atomic E-state index is 0.0269. The Bertz CT molecular complexity index is 444. The normalized spacial score (nSPS) is 23.3. The van der Waals surface area contributed by atoms with Crippen molar-refractivity contribution in [2.75, 3.05) is 13.1 Å². The number of phenolic OH excluding ortho intramolecular Hbond substituents is 1. The maximum absolute atomic E-state index is 11.5. The van der Waals surface area contributed by atoms with Gasteiger partial charge in [-0.2, -0.15) is 0 Å². The van der Waals surface area contributed by atoms with Gasteiger partial charge in [0.15, 0.2) is 0 Å². The third kappa shape index (κ3) is 2.35. The fourth-order valence-corrected chi connectivity index (χ4v) is 3.04. The summed E-state index contributed by atoms with van der Waals surface area (Å²) in [4.78, 5) is 13.4. The molecule has 0 radical (unpaired) electrons. The molecule has 0 spiro atoms. The lowest BCUT2D eigenvalue weighted by Gasteiger charge is -2.29. The summed E-state index contributed by atoms with van der Waals surface area (Å²) in [7, 11) is 0. The van der Waals surface area contributed by atoms with Crippen LogP contribution in [0.4, 0.5) is 0 Å². The number of hydrogen-bond acceptors (Lipinski definition) is 2. The highest BCUT2D eigenvalue weighted by Crippen LogP contribution is 2.39. The number of benzene rings is 1. The number of rotatable bonds is 3. The van der Waals surface area contributed by atoms with Gasteiger partial charge in [-0.05, 0) is 30.5 Å². The molecule has 1 saturated heterocycles. The molecule has 0 aliphatic carbocycles. The predicted octanol–water partition coefficient (Wildman–Crippen LogP) is 2.68. The summed E-state index contributed by atoms with van der Waals surface area (Å²) in [5.41, 5.74) is 1.19. The van der Waals surface area contributed by atoms with E-state index in [0.29, 0.717) is 5.75 Å². The molecule has 0 saturated carbocycles. The molecule has 3 nitrogen and oxygen atoms in total. The van der Waals surface area contributed by atoms with Crippen LogP contribution < -0.4 is 0 Å². The van der Waals surface area contributed by atoms with Crippen molar-refractivity contribution in [3.05, 3.63) is 29.8 Å². The number of amides is 1. The lowest BCUT2D eigenvalue weighted by atomic mass is 9.76. The van der Waals surface area contributed by atoms with Crippen molar-refractivity contribution >= 4 is 5.91 Å². The number of aromatic hydroxyl groups is 1. The fraction of sp³-hybridized carbons (Fsp3) is 0.533. The zero-order chi connectivity index (χ0) is 13.2. The quantitative estimate of drug-likeness (QED) is 0.892. The second kappa shape index (κ2) is 5.01. The molecule has 18 heavy (non-hydrogen) atoms. The van der Waals surface area contributed by atoms with Crippen LogP contribution in [0.15, 0.2) is 24.3 Å². The van der Waals surface area contributed by atoms with Gasteiger partial charge in [0.05, 0.1) is 0 Å². The lowest BCUT2D eigenvalue weighted by Crippen LogP contribution is -2.33. The van der Waals surface area contributed by atoms with Crippen molar-refractivity contribution in [2.24, 2.45) is 0 Å². The van der Waals surface area contributed by atoms with Crippen molar-refractivity contribution in [1.82, 2.24) is 4.90 Å². The van der Waals surface area contributed by atoms with E-state index in [4.69, 9.17) is 0 Å². The van der Waals surface area contributed by atoms with Gasteiger partial charge in [0.25, 0.3) is 0 Å². The molecule has 3 heteroatoms.